The summed E-state index contributed by atoms with van der Waals surface area (Å²) in [6.07, 6.45) is 18.9. The van der Waals surface area contributed by atoms with Gasteiger partial charge < -0.3 is 0 Å². The van der Waals surface area contributed by atoms with Crippen LogP contribution in [0.2, 0.25) is 0 Å². The second-order valence-electron chi connectivity index (χ2n) is 15.8. The van der Waals surface area contributed by atoms with Crippen LogP contribution in [0.3, 0.4) is 0 Å². The summed E-state index contributed by atoms with van der Waals surface area (Å²) in [7, 11) is 0. The molecule has 3 heterocycles. The van der Waals surface area contributed by atoms with Gasteiger partial charge in [-0.05, 0) is 47.4 Å². The molecule has 4 nitrogen and oxygen atoms in total. The number of benzene rings is 6. The number of pyridine rings is 1. The summed E-state index contributed by atoms with van der Waals surface area (Å²) in [5.41, 5.74) is 16.2. The molecular weight excluding hydrogens is 741 g/mol. The van der Waals surface area contributed by atoms with Gasteiger partial charge >= 0.3 is 0 Å². The standard InChI is InChI=1S/C57H42N4/c1-6-18-39(19-7-1)40-30-34-45(35-31-40)54-53(43-24-12-4-13-25-43)56-49-29-17-16-28-48(49)52(55(61(56)60-54)46-26-14-5-15-27-46)44-32-36-47(37-33-44)57-58-50(41-20-8-2-9-21-41)38-51(59-57)42-22-10-3-11-23-42/h1-3,5-12,14-18,20-39H,4,13,19H2. The quantitative estimate of drug-likeness (QED) is 0.154. The summed E-state index contributed by atoms with van der Waals surface area (Å²) in [6, 6.07) is 60.2. The zero-order valence-electron chi connectivity index (χ0n) is 33.7. The Morgan fingerprint density at radius 3 is 1.72 bits per heavy atom. The second-order valence-corrected chi connectivity index (χ2v) is 15.8. The third-order valence-corrected chi connectivity index (χ3v) is 12.0. The molecule has 61 heavy (non-hydrogen) atoms. The SMILES string of the molecule is C1=CCC(c2ccc(-c3nn4c(-c5ccccc5)c(-c5ccc(-c6nc(-c7ccccc7)cc(-c7ccccc7)n6)cc5)c5ccccc5c4c3C3=CCCC=C3)cc2)C=C1. The second kappa shape index (κ2) is 15.8. The summed E-state index contributed by atoms with van der Waals surface area (Å²) in [5, 5.41) is 7.99. The van der Waals surface area contributed by atoms with Gasteiger partial charge in [0, 0.05) is 50.2 Å². The van der Waals surface area contributed by atoms with E-state index in [-0.39, 0.29) is 0 Å². The molecule has 2 aliphatic rings. The van der Waals surface area contributed by atoms with Gasteiger partial charge in [-0.15, -0.1) is 0 Å². The fraction of sp³-hybridized carbons (Fsp3) is 0.0702. The number of hydrogen-bond donors (Lipinski definition) is 0. The van der Waals surface area contributed by atoms with Crippen LogP contribution in [0.5, 0.6) is 0 Å². The normalized spacial score (nSPS) is 14.8. The highest BCUT2D eigenvalue weighted by molar-refractivity contribution is 6.14. The van der Waals surface area contributed by atoms with Crippen molar-refractivity contribution in [2.45, 2.75) is 25.2 Å². The Morgan fingerprint density at radius 2 is 1.10 bits per heavy atom. The Morgan fingerprint density at radius 1 is 0.492 bits per heavy atom. The molecular formula is C57H42N4. The first-order valence-corrected chi connectivity index (χ1v) is 21.2. The zero-order chi connectivity index (χ0) is 40.5. The van der Waals surface area contributed by atoms with Gasteiger partial charge in [0.2, 0.25) is 0 Å². The van der Waals surface area contributed by atoms with Crippen molar-refractivity contribution < 1.29 is 0 Å². The van der Waals surface area contributed by atoms with E-state index >= 15 is 0 Å². The van der Waals surface area contributed by atoms with Gasteiger partial charge in [0.25, 0.3) is 0 Å². The van der Waals surface area contributed by atoms with Gasteiger partial charge in [-0.2, -0.15) is 5.10 Å². The summed E-state index contributed by atoms with van der Waals surface area (Å²) in [6.45, 7) is 0. The number of fused-ring (bicyclic) bond motifs is 3. The number of nitrogens with zero attached hydrogens (tertiary/aromatic N) is 4. The Kier molecular flexibility index (Phi) is 9.44. The van der Waals surface area contributed by atoms with Crippen molar-refractivity contribution in [3.05, 3.63) is 224 Å². The number of aromatic nitrogens is 4. The summed E-state index contributed by atoms with van der Waals surface area (Å²) in [5.74, 6) is 1.07. The molecule has 0 aliphatic heterocycles. The number of allylic oxidation sites excluding steroid dienone is 8. The van der Waals surface area contributed by atoms with E-state index in [9.17, 15) is 0 Å². The third kappa shape index (κ3) is 6.82. The molecule has 11 rings (SSSR count). The highest BCUT2D eigenvalue weighted by Crippen LogP contribution is 2.45. The Labute approximate surface area is 356 Å². The van der Waals surface area contributed by atoms with Crippen LogP contribution in [0.25, 0.3) is 89.4 Å². The minimum absolute atomic E-state index is 0.386. The van der Waals surface area contributed by atoms with Crippen molar-refractivity contribution in [2.24, 2.45) is 0 Å². The molecule has 9 aromatic rings. The van der Waals surface area contributed by atoms with Gasteiger partial charge in [0.05, 0.1) is 22.6 Å². The van der Waals surface area contributed by atoms with E-state index in [0.29, 0.717) is 11.7 Å². The Hall–Kier alpha value is -7.69. The van der Waals surface area contributed by atoms with Crippen molar-refractivity contribution in [3.8, 4) is 67.5 Å². The van der Waals surface area contributed by atoms with E-state index < -0.39 is 0 Å². The van der Waals surface area contributed by atoms with Crippen molar-refractivity contribution >= 4 is 21.9 Å². The number of hydrogen-bond acceptors (Lipinski definition) is 3. The zero-order valence-corrected chi connectivity index (χ0v) is 33.7. The van der Waals surface area contributed by atoms with Crippen LogP contribution in [0.15, 0.2) is 212 Å². The maximum atomic E-state index is 5.65. The van der Waals surface area contributed by atoms with Crippen LogP contribution in [-0.4, -0.2) is 19.6 Å². The van der Waals surface area contributed by atoms with Crippen molar-refractivity contribution in [1.82, 2.24) is 19.6 Å². The molecule has 0 spiro atoms. The molecule has 1 atom stereocenters. The first kappa shape index (κ1) is 36.4. The lowest BCUT2D eigenvalue weighted by molar-refractivity contribution is 0.854. The molecule has 4 heteroatoms. The average molecular weight is 783 g/mol. The van der Waals surface area contributed by atoms with E-state index in [0.717, 1.165) is 91.9 Å². The maximum absolute atomic E-state index is 5.65. The number of rotatable bonds is 8. The molecule has 290 valence electrons. The highest BCUT2D eigenvalue weighted by Gasteiger charge is 2.26. The smallest absolute Gasteiger partial charge is 0.160 e. The molecule has 0 amide bonds. The van der Waals surface area contributed by atoms with Crippen molar-refractivity contribution in [2.75, 3.05) is 0 Å². The highest BCUT2D eigenvalue weighted by atomic mass is 15.2. The molecule has 0 radical (unpaired) electrons. The van der Waals surface area contributed by atoms with E-state index in [2.05, 4.69) is 205 Å². The van der Waals surface area contributed by atoms with Gasteiger partial charge in [0.15, 0.2) is 5.82 Å². The van der Waals surface area contributed by atoms with Crippen LogP contribution in [0, 0.1) is 0 Å². The molecule has 0 N–H and O–H groups in total. The van der Waals surface area contributed by atoms with Crippen LogP contribution >= 0.6 is 0 Å². The van der Waals surface area contributed by atoms with Crippen LogP contribution < -0.4 is 0 Å². The van der Waals surface area contributed by atoms with Crippen molar-refractivity contribution in [3.63, 3.8) is 0 Å². The van der Waals surface area contributed by atoms with E-state index in [1.165, 1.54) is 22.1 Å². The molecule has 1 unspecified atom stereocenters. The predicted molar refractivity (Wildman–Crippen MR) is 253 cm³/mol. The molecule has 0 bridgehead atoms. The third-order valence-electron chi connectivity index (χ3n) is 12.0. The first-order chi connectivity index (χ1) is 30.3. The Balaban J connectivity index is 1.12. The van der Waals surface area contributed by atoms with E-state index in [4.69, 9.17) is 15.1 Å². The largest absolute Gasteiger partial charge is 0.231 e. The van der Waals surface area contributed by atoms with Crippen LogP contribution in [-0.2, 0) is 0 Å². The minimum Gasteiger partial charge on any atom is -0.231 e. The molecule has 0 fully saturated rings. The van der Waals surface area contributed by atoms with E-state index in [1.807, 2.05) is 12.1 Å². The minimum atomic E-state index is 0.386. The average Bonchev–Trinajstić information content (AvgIpc) is 3.76. The van der Waals surface area contributed by atoms with Gasteiger partial charge in [-0.25, -0.2) is 14.5 Å². The van der Waals surface area contributed by atoms with Gasteiger partial charge in [0.1, 0.15) is 5.69 Å². The summed E-state index contributed by atoms with van der Waals surface area (Å²) < 4.78 is 2.23. The lowest BCUT2D eigenvalue weighted by Gasteiger charge is -2.18. The fourth-order valence-electron chi connectivity index (χ4n) is 8.99. The van der Waals surface area contributed by atoms with E-state index in [1.54, 1.807) is 0 Å². The van der Waals surface area contributed by atoms with Crippen molar-refractivity contribution in [1.29, 1.82) is 0 Å². The summed E-state index contributed by atoms with van der Waals surface area (Å²) in [4.78, 5) is 10.3. The summed E-state index contributed by atoms with van der Waals surface area (Å²) >= 11 is 0. The fourth-order valence-corrected chi connectivity index (χ4v) is 8.99. The van der Waals surface area contributed by atoms with Crippen LogP contribution in [0.1, 0.15) is 36.3 Å². The molecule has 0 saturated heterocycles. The lowest BCUT2D eigenvalue weighted by Crippen LogP contribution is -2.00. The first-order valence-electron chi connectivity index (χ1n) is 21.2. The van der Waals surface area contributed by atoms with Gasteiger partial charge in [-0.3, -0.25) is 0 Å². The Bertz CT molecular complexity index is 3110. The molecule has 3 aromatic heterocycles. The monoisotopic (exact) mass is 782 g/mol. The predicted octanol–water partition coefficient (Wildman–Crippen LogP) is 14.6. The van der Waals surface area contributed by atoms with Crippen LogP contribution in [0.4, 0.5) is 0 Å². The topological polar surface area (TPSA) is 43.1 Å². The molecule has 0 saturated carbocycles. The lowest BCUT2D eigenvalue weighted by atomic mass is 9.89. The molecule has 6 aromatic carbocycles. The molecule has 2 aliphatic carbocycles. The van der Waals surface area contributed by atoms with Gasteiger partial charge in [-0.1, -0.05) is 206 Å². The maximum Gasteiger partial charge on any atom is 0.160 e.